The van der Waals surface area contributed by atoms with Crippen LogP contribution in [-0.4, -0.2) is 15.3 Å². The van der Waals surface area contributed by atoms with Gasteiger partial charge in [0.25, 0.3) is 0 Å². The summed E-state index contributed by atoms with van der Waals surface area (Å²) >= 11 is 0. The summed E-state index contributed by atoms with van der Waals surface area (Å²) in [6.07, 6.45) is 0. The van der Waals surface area contributed by atoms with Gasteiger partial charge in [0.05, 0.1) is 0 Å². The lowest BCUT2D eigenvalue weighted by Gasteiger charge is -2.06. The molecule has 0 unspecified atom stereocenters. The predicted octanol–water partition coefficient (Wildman–Crippen LogP) is 4.88. The number of para-hydroxylation sites is 1. The van der Waals surface area contributed by atoms with E-state index in [1.54, 1.807) is 36.4 Å². The highest BCUT2D eigenvalue weighted by atomic mass is 16.3. The van der Waals surface area contributed by atoms with Crippen LogP contribution in [0.25, 0.3) is 33.4 Å². The average Bonchev–Trinajstić information content (AvgIpc) is 2.94. The van der Waals surface area contributed by atoms with Crippen LogP contribution in [0.3, 0.4) is 0 Å². The molecule has 4 heteroatoms. The molecule has 4 aromatic rings. The zero-order valence-electron chi connectivity index (χ0n) is 12.6. The Kier molecular flexibility index (Phi) is 3.17. The first-order valence-electron chi connectivity index (χ1n) is 7.46. The number of phenols is 3. The maximum absolute atomic E-state index is 9.84. The molecule has 0 aliphatic carbocycles. The van der Waals surface area contributed by atoms with Gasteiger partial charge in [-0.25, -0.2) is 0 Å². The molecule has 1 heterocycles. The lowest BCUT2D eigenvalue weighted by atomic mass is 9.98. The molecule has 0 bridgehead atoms. The van der Waals surface area contributed by atoms with Crippen LogP contribution >= 0.6 is 0 Å². The zero-order chi connectivity index (χ0) is 16.7. The van der Waals surface area contributed by atoms with E-state index in [2.05, 4.69) is 0 Å². The fourth-order valence-corrected chi connectivity index (χ4v) is 2.89. The van der Waals surface area contributed by atoms with E-state index >= 15 is 0 Å². The lowest BCUT2D eigenvalue weighted by Crippen LogP contribution is -1.82. The van der Waals surface area contributed by atoms with Crippen molar-refractivity contribution in [3.63, 3.8) is 0 Å². The van der Waals surface area contributed by atoms with E-state index in [1.807, 2.05) is 24.3 Å². The molecular weight excluding hydrogens is 304 g/mol. The molecule has 0 saturated carbocycles. The lowest BCUT2D eigenvalue weighted by molar-refractivity contribution is 0.451. The molecule has 24 heavy (non-hydrogen) atoms. The second kappa shape index (κ2) is 5.35. The van der Waals surface area contributed by atoms with Crippen molar-refractivity contribution >= 4 is 11.0 Å². The summed E-state index contributed by atoms with van der Waals surface area (Å²) in [6.45, 7) is 0. The Morgan fingerprint density at radius 2 is 1.29 bits per heavy atom. The van der Waals surface area contributed by atoms with Crippen LogP contribution in [0.4, 0.5) is 0 Å². The average molecular weight is 318 g/mol. The van der Waals surface area contributed by atoms with Crippen LogP contribution in [0.5, 0.6) is 17.2 Å². The van der Waals surface area contributed by atoms with Crippen molar-refractivity contribution in [1.29, 1.82) is 0 Å². The Labute approximate surface area is 137 Å². The molecule has 0 spiro atoms. The summed E-state index contributed by atoms with van der Waals surface area (Å²) in [6, 6.07) is 18.7. The highest BCUT2D eigenvalue weighted by Gasteiger charge is 2.18. The van der Waals surface area contributed by atoms with Gasteiger partial charge in [-0.1, -0.05) is 18.2 Å². The maximum Gasteiger partial charge on any atom is 0.143 e. The van der Waals surface area contributed by atoms with Crippen molar-refractivity contribution < 1.29 is 19.7 Å². The van der Waals surface area contributed by atoms with Crippen molar-refractivity contribution in [1.82, 2.24) is 0 Å². The summed E-state index contributed by atoms with van der Waals surface area (Å²) in [5.74, 6) is 0.742. The third-order valence-corrected chi connectivity index (χ3v) is 3.92. The molecular formula is C20H14O4. The van der Waals surface area contributed by atoms with E-state index in [-0.39, 0.29) is 17.2 Å². The van der Waals surface area contributed by atoms with Crippen LogP contribution in [0.2, 0.25) is 0 Å². The van der Waals surface area contributed by atoms with Gasteiger partial charge in [0.1, 0.15) is 28.6 Å². The Balaban J connectivity index is 2.05. The zero-order valence-corrected chi connectivity index (χ0v) is 12.6. The molecule has 0 aliphatic rings. The number of rotatable bonds is 2. The largest absolute Gasteiger partial charge is 0.508 e. The molecule has 0 saturated heterocycles. The molecule has 4 rings (SSSR count). The molecule has 0 atom stereocenters. The van der Waals surface area contributed by atoms with Crippen molar-refractivity contribution in [2.75, 3.05) is 0 Å². The topological polar surface area (TPSA) is 73.8 Å². The highest BCUT2D eigenvalue weighted by molar-refractivity contribution is 6.02. The summed E-state index contributed by atoms with van der Waals surface area (Å²) in [7, 11) is 0. The first-order valence-corrected chi connectivity index (χ1v) is 7.46. The highest BCUT2D eigenvalue weighted by Crippen LogP contribution is 2.42. The van der Waals surface area contributed by atoms with Gasteiger partial charge in [-0.15, -0.1) is 0 Å². The summed E-state index contributed by atoms with van der Waals surface area (Å²) in [4.78, 5) is 0. The van der Waals surface area contributed by atoms with Crippen molar-refractivity contribution in [2.45, 2.75) is 0 Å². The van der Waals surface area contributed by atoms with Gasteiger partial charge >= 0.3 is 0 Å². The van der Waals surface area contributed by atoms with Gasteiger partial charge in [0.2, 0.25) is 0 Å². The van der Waals surface area contributed by atoms with Gasteiger partial charge < -0.3 is 19.7 Å². The van der Waals surface area contributed by atoms with Crippen LogP contribution in [0.15, 0.2) is 71.1 Å². The number of hydrogen-bond acceptors (Lipinski definition) is 4. The summed E-state index contributed by atoms with van der Waals surface area (Å²) in [5, 5.41) is 30.1. The Morgan fingerprint density at radius 3 is 2.00 bits per heavy atom. The predicted molar refractivity (Wildman–Crippen MR) is 92.1 cm³/mol. The van der Waals surface area contributed by atoms with E-state index in [0.717, 1.165) is 16.5 Å². The molecule has 0 amide bonds. The van der Waals surface area contributed by atoms with Crippen molar-refractivity contribution in [2.24, 2.45) is 0 Å². The standard InChI is InChI=1S/C20H14O4/c21-14-7-5-12(6-8-14)20-19(13-9-15(22)11-16(23)10-13)17-3-1-2-4-18(17)24-20/h1-11,21-23H. The first kappa shape index (κ1) is 14.2. The Morgan fingerprint density at radius 1 is 0.625 bits per heavy atom. The fourth-order valence-electron chi connectivity index (χ4n) is 2.89. The van der Waals surface area contributed by atoms with E-state index in [0.29, 0.717) is 16.9 Å². The Hall–Kier alpha value is -3.40. The number of phenolic OH excluding ortho intramolecular Hbond substituents is 3. The minimum absolute atomic E-state index is 0.0214. The second-order valence-electron chi connectivity index (χ2n) is 5.59. The van der Waals surface area contributed by atoms with Crippen LogP contribution < -0.4 is 0 Å². The third-order valence-electron chi connectivity index (χ3n) is 3.92. The van der Waals surface area contributed by atoms with E-state index in [9.17, 15) is 15.3 Å². The molecule has 0 radical (unpaired) electrons. The van der Waals surface area contributed by atoms with E-state index in [1.165, 1.54) is 6.07 Å². The van der Waals surface area contributed by atoms with Crippen molar-refractivity contribution in [3.8, 4) is 39.7 Å². The maximum atomic E-state index is 9.84. The number of aromatic hydroxyl groups is 3. The quantitative estimate of drug-likeness (QED) is 0.492. The minimum Gasteiger partial charge on any atom is -0.508 e. The fraction of sp³-hybridized carbons (Fsp3) is 0. The molecule has 1 aromatic heterocycles. The van der Waals surface area contributed by atoms with E-state index < -0.39 is 0 Å². The number of fused-ring (bicyclic) bond motifs is 1. The van der Waals surface area contributed by atoms with Crippen LogP contribution in [-0.2, 0) is 0 Å². The molecule has 118 valence electrons. The number of hydrogen-bond donors (Lipinski definition) is 3. The third kappa shape index (κ3) is 2.34. The summed E-state index contributed by atoms with van der Waals surface area (Å²) in [5.41, 5.74) is 2.93. The molecule has 0 fully saturated rings. The second-order valence-corrected chi connectivity index (χ2v) is 5.59. The van der Waals surface area contributed by atoms with Gasteiger partial charge in [-0.2, -0.15) is 0 Å². The van der Waals surface area contributed by atoms with Gasteiger partial charge in [0, 0.05) is 22.6 Å². The first-order chi connectivity index (χ1) is 11.6. The van der Waals surface area contributed by atoms with Crippen LogP contribution in [0, 0.1) is 0 Å². The SMILES string of the molecule is Oc1ccc(-c2oc3ccccc3c2-c2cc(O)cc(O)c2)cc1. The molecule has 0 aliphatic heterocycles. The minimum atomic E-state index is -0.0214. The monoisotopic (exact) mass is 318 g/mol. The summed E-state index contributed by atoms with van der Waals surface area (Å²) < 4.78 is 6.01. The smallest absolute Gasteiger partial charge is 0.143 e. The van der Waals surface area contributed by atoms with Crippen molar-refractivity contribution in [3.05, 3.63) is 66.7 Å². The number of furan rings is 1. The molecule has 4 nitrogen and oxygen atoms in total. The molecule has 3 N–H and O–H groups in total. The number of benzene rings is 3. The van der Waals surface area contributed by atoms with Gasteiger partial charge in [0.15, 0.2) is 0 Å². The van der Waals surface area contributed by atoms with Gasteiger partial charge in [-0.3, -0.25) is 0 Å². The molecule has 3 aromatic carbocycles. The van der Waals surface area contributed by atoms with E-state index in [4.69, 9.17) is 4.42 Å². The van der Waals surface area contributed by atoms with Gasteiger partial charge in [-0.05, 0) is 48.0 Å². The Bertz CT molecular complexity index is 1010. The van der Waals surface area contributed by atoms with Crippen LogP contribution in [0.1, 0.15) is 0 Å². The normalized spacial score (nSPS) is 11.0.